The number of hydrogen-bond donors (Lipinski definition) is 1. The number of anilines is 2. The summed E-state index contributed by atoms with van der Waals surface area (Å²) in [5.41, 5.74) is 4.60. The van der Waals surface area contributed by atoms with E-state index in [-0.39, 0.29) is 18.4 Å². The van der Waals surface area contributed by atoms with Crippen LogP contribution in [0.5, 0.6) is 0 Å². The molecule has 0 aliphatic carbocycles. The lowest BCUT2D eigenvalue weighted by Gasteiger charge is -2.29. The maximum Gasteiger partial charge on any atom is 0.247 e. The van der Waals surface area contributed by atoms with Crippen molar-refractivity contribution in [1.29, 1.82) is 0 Å². The zero-order valence-corrected chi connectivity index (χ0v) is 18.7. The molecule has 2 amide bonds. The fourth-order valence-electron chi connectivity index (χ4n) is 3.59. The molecule has 1 saturated heterocycles. The standard InChI is InChI=1S/C23H31N5O3/c1-5-27(23(30)11-10-21-17(2)25-26(4)18(21)3)16-22(29)24-19-6-8-20(9-7-19)28-12-14-31-15-13-28/h6-11H,5,12-16H2,1-4H3,(H,24,29)/b11-10+. The van der Waals surface area contributed by atoms with Gasteiger partial charge in [0.25, 0.3) is 0 Å². The normalized spacial score (nSPS) is 14.1. The summed E-state index contributed by atoms with van der Waals surface area (Å²) in [6, 6.07) is 7.75. The Hall–Kier alpha value is -3.13. The average molecular weight is 426 g/mol. The van der Waals surface area contributed by atoms with Crippen LogP contribution in [0.15, 0.2) is 30.3 Å². The molecule has 2 aromatic rings. The van der Waals surface area contributed by atoms with Crippen LogP contribution in [0.4, 0.5) is 11.4 Å². The molecular formula is C23H31N5O3. The maximum absolute atomic E-state index is 12.6. The summed E-state index contributed by atoms with van der Waals surface area (Å²) in [5, 5.41) is 7.23. The fourth-order valence-corrected chi connectivity index (χ4v) is 3.59. The van der Waals surface area contributed by atoms with E-state index in [2.05, 4.69) is 15.3 Å². The summed E-state index contributed by atoms with van der Waals surface area (Å²) in [6.07, 6.45) is 3.27. The van der Waals surface area contributed by atoms with Gasteiger partial charge in [-0.25, -0.2) is 0 Å². The number of nitrogens with zero attached hydrogens (tertiary/aromatic N) is 4. The Morgan fingerprint density at radius 3 is 2.45 bits per heavy atom. The molecule has 0 bridgehead atoms. The van der Waals surface area contributed by atoms with Crippen molar-refractivity contribution < 1.29 is 14.3 Å². The van der Waals surface area contributed by atoms with E-state index in [0.29, 0.717) is 12.2 Å². The van der Waals surface area contributed by atoms with Crippen molar-refractivity contribution in [1.82, 2.24) is 14.7 Å². The van der Waals surface area contributed by atoms with Crippen LogP contribution in [0.1, 0.15) is 23.9 Å². The molecule has 0 radical (unpaired) electrons. The molecule has 0 spiro atoms. The number of hydrogen-bond acceptors (Lipinski definition) is 5. The molecule has 1 aromatic carbocycles. The summed E-state index contributed by atoms with van der Waals surface area (Å²) in [5.74, 6) is -0.431. The highest BCUT2D eigenvalue weighted by atomic mass is 16.5. The van der Waals surface area contributed by atoms with Crippen LogP contribution in [0, 0.1) is 13.8 Å². The average Bonchev–Trinajstić information content (AvgIpc) is 3.02. The van der Waals surface area contributed by atoms with Crippen molar-refractivity contribution in [3.63, 3.8) is 0 Å². The Kier molecular flexibility index (Phi) is 7.46. The highest BCUT2D eigenvalue weighted by Gasteiger charge is 2.15. The van der Waals surface area contributed by atoms with Crippen LogP contribution in [-0.4, -0.2) is 65.9 Å². The molecule has 166 valence electrons. The zero-order valence-electron chi connectivity index (χ0n) is 18.7. The Balaban J connectivity index is 1.56. The quantitative estimate of drug-likeness (QED) is 0.689. The first kappa shape index (κ1) is 22.6. The number of nitrogens with one attached hydrogen (secondary N) is 1. The minimum absolute atomic E-state index is 0.00407. The van der Waals surface area contributed by atoms with Crippen LogP contribution >= 0.6 is 0 Å². The Morgan fingerprint density at radius 1 is 1.19 bits per heavy atom. The molecule has 8 nitrogen and oxygen atoms in total. The van der Waals surface area contributed by atoms with E-state index in [1.165, 1.54) is 11.0 Å². The number of rotatable bonds is 7. The van der Waals surface area contributed by atoms with Gasteiger partial charge in [0.05, 0.1) is 18.9 Å². The molecule has 1 aliphatic rings. The predicted octanol–water partition coefficient (Wildman–Crippen LogP) is 2.37. The van der Waals surface area contributed by atoms with Gasteiger partial charge in [-0.15, -0.1) is 0 Å². The molecule has 0 atom stereocenters. The zero-order chi connectivity index (χ0) is 22.4. The Labute approximate surface area is 183 Å². The number of likely N-dealkylation sites (N-methyl/N-ethyl adjacent to an activating group) is 1. The largest absolute Gasteiger partial charge is 0.378 e. The molecule has 1 N–H and O–H groups in total. The third-order valence-electron chi connectivity index (χ3n) is 5.51. The van der Waals surface area contributed by atoms with Gasteiger partial charge in [0.2, 0.25) is 11.8 Å². The number of ether oxygens (including phenoxy) is 1. The molecule has 1 aromatic heterocycles. The summed E-state index contributed by atoms with van der Waals surface area (Å²) in [6.45, 7) is 9.35. The number of carbonyl (C=O) groups is 2. The van der Waals surface area contributed by atoms with Crippen LogP contribution < -0.4 is 10.2 Å². The number of aryl methyl sites for hydroxylation is 2. The third kappa shape index (κ3) is 5.73. The molecular weight excluding hydrogens is 394 g/mol. The van der Waals surface area contributed by atoms with E-state index in [4.69, 9.17) is 4.74 Å². The topological polar surface area (TPSA) is 79.7 Å². The van der Waals surface area contributed by atoms with E-state index >= 15 is 0 Å². The number of aromatic nitrogens is 2. The second kappa shape index (κ2) is 10.3. The van der Waals surface area contributed by atoms with E-state index in [0.717, 1.165) is 48.9 Å². The maximum atomic E-state index is 12.6. The monoisotopic (exact) mass is 425 g/mol. The molecule has 0 unspecified atom stereocenters. The molecule has 31 heavy (non-hydrogen) atoms. The lowest BCUT2D eigenvalue weighted by molar-refractivity contribution is -0.130. The number of amides is 2. The van der Waals surface area contributed by atoms with Crippen molar-refractivity contribution in [2.75, 3.05) is 49.6 Å². The van der Waals surface area contributed by atoms with Crippen LogP contribution in [0.25, 0.3) is 6.08 Å². The lowest BCUT2D eigenvalue weighted by Crippen LogP contribution is -2.37. The lowest BCUT2D eigenvalue weighted by atomic mass is 10.2. The molecule has 3 rings (SSSR count). The first-order chi connectivity index (χ1) is 14.9. The Bertz CT molecular complexity index is 943. The second-order valence-corrected chi connectivity index (χ2v) is 7.59. The predicted molar refractivity (Wildman–Crippen MR) is 122 cm³/mol. The van der Waals surface area contributed by atoms with Gasteiger partial charge in [0, 0.05) is 55.4 Å². The van der Waals surface area contributed by atoms with Crippen LogP contribution in [0.3, 0.4) is 0 Å². The SMILES string of the molecule is CCN(CC(=O)Nc1ccc(N2CCOCC2)cc1)C(=O)/C=C/c1c(C)nn(C)c1C. The molecule has 2 heterocycles. The van der Waals surface area contributed by atoms with E-state index in [9.17, 15) is 9.59 Å². The van der Waals surface area contributed by atoms with Crippen molar-refractivity contribution in [3.8, 4) is 0 Å². The summed E-state index contributed by atoms with van der Waals surface area (Å²) < 4.78 is 7.17. The Morgan fingerprint density at radius 2 is 1.87 bits per heavy atom. The fraction of sp³-hybridized carbons (Fsp3) is 0.435. The van der Waals surface area contributed by atoms with Gasteiger partial charge < -0.3 is 19.9 Å². The second-order valence-electron chi connectivity index (χ2n) is 7.59. The van der Waals surface area contributed by atoms with E-state index in [1.807, 2.05) is 52.1 Å². The van der Waals surface area contributed by atoms with Gasteiger partial charge in [-0.1, -0.05) is 0 Å². The van der Waals surface area contributed by atoms with E-state index in [1.54, 1.807) is 10.8 Å². The summed E-state index contributed by atoms with van der Waals surface area (Å²) in [7, 11) is 1.87. The van der Waals surface area contributed by atoms with Crippen molar-refractivity contribution in [2.24, 2.45) is 7.05 Å². The molecule has 8 heteroatoms. The summed E-state index contributed by atoms with van der Waals surface area (Å²) in [4.78, 5) is 28.9. The van der Waals surface area contributed by atoms with Crippen molar-refractivity contribution in [2.45, 2.75) is 20.8 Å². The van der Waals surface area contributed by atoms with Gasteiger partial charge in [-0.3, -0.25) is 14.3 Å². The van der Waals surface area contributed by atoms with Crippen LogP contribution in [0.2, 0.25) is 0 Å². The van der Waals surface area contributed by atoms with Crippen LogP contribution in [-0.2, 0) is 21.4 Å². The minimum Gasteiger partial charge on any atom is -0.378 e. The highest BCUT2D eigenvalue weighted by Crippen LogP contribution is 2.19. The smallest absolute Gasteiger partial charge is 0.247 e. The van der Waals surface area contributed by atoms with Gasteiger partial charge >= 0.3 is 0 Å². The van der Waals surface area contributed by atoms with Gasteiger partial charge in [0.15, 0.2) is 0 Å². The summed E-state index contributed by atoms with van der Waals surface area (Å²) >= 11 is 0. The van der Waals surface area contributed by atoms with Gasteiger partial charge in [-0.05, 0) is 51.1 Å². The van der Waals surface area contributed by atoms with Crippen molar-refractivity contribution >= 4 is 29.3 Å². The number of benzene rings is 1. The first-order valence-corrected chi connectivity index (χ1v) is 10.6. The van der Waals surface area contributed by atoms with Gasteiger partial charge in [0.1, 0.15) is 6.54 Å². The molecule has 1 fully saturated rings. The molecule has 0 saturated carbocycles. The van der Waals surface area contributed by atoms with Gasteiger partial charge in [-0.2, -0.15) is 5.10 Å². The van der Waals surface area contributed by atoms with Crippen molar-refractivity contribution in [3.05, 3.63) is 47.3 Å². The minimum atomic E-state index is -0.225. The first-order valence-electron chi connectivity index (χ1n) is 10.6. The third-order valence-corrected chi connectivity index (χ3v) is 5.51. The highest BCUT2D eigenvalue weighted by molar-refractivity contribution is 5.98. The number of morpholine rings is 1. The molecule has 1 aliphatic heterocycles. The van der Waals surface area contributed by atoms with E-state index < -0.39 is 0 Å². The number of carbonyl (C=O) groups excluding carboxylic acids is 2.